The summed E-state index contributed by atoms with van der Waals surface area (Å²) in [5.74, 6) is 0. The first kappa shape index (κ1) is 15.0. The van der Waals surface area contributed by atoms with Crippen molar-refractivity contribution in [2.24, 2.45) is 0 Å². The second-order valence-corrected chi connectivity index (χ2v) is 7.88. The molecule has 3 aromatic carbocycles. The minimum absolute atomic E-state index is 0.296. The summed E-state index contributed by atoms with van der Waals surface area (Å²) in [6, 6.07) is 18.9. The predicted molar refractivity (Wildman–Crippen MR) is 98.0 cm³/mol. The molecule has 1 aliphatic rings. The molecule has 1 aliphatic heterocycles. The van der Waals surface area contributed by atoms with Crippen LogP contribution in [0.15, 0.2) is 65.6 Å². The van der Waals surface area contributed by atoms with Gasteiger partial charge in [-0.3, -0.25) is 4.72 Å². The van der Waals surface area contributed by atoms with Crippen molar-refractivity contribution in [3.8, 4) is 0 Å². The number of fused-ring (bicyclic) bond motifs is 2. The zero-order valence-corrected chi connectivity index (χ0v) is 14.1. The van der Waals surface area contributed by atoms with Gasteiger partial charge in [-0.2, -0.15) is 0 Å². The quantitative estimate of drug-likeness (QED) is 0.759. The molecule has 1 heterocycles. The lowest BCUT2D eigenvalue weighted by atomic mass is 10.1. The number of hydrogen-bond acceptors (Lipinski definition) is 3. The van der Waals surface area contributed by atoms with Crippen molar-refractivity contribution in [2.75, 3.05) is 10.0 Å². The molecule has 4 nitrogen and oxygen atoms in total. The van der Waals surface area contributed by atoms with Crippen LogP contribution in [-0.2, 0) is 16.4 Å². The summed E-state index contributed by atoms with van der Waals surface area (Å²) in [5, 5.41) is 5.23. The monoisotopic (exact) mass is 338 g/mol. The molecule has 5 heteroatoms. The van der Waals surface area contributed by atoms with Gasteiger partial charge in [0.15, 0.2) is 0 Å². The van der Waals surface area contributed by atoms with E-state index in [1.165, 1.54) is 0 Å². The summed E-state index contributed by atoms with van der Waals surface area (Å²) in [6.07, 6.45) is 0.840. The third kappa shape index (κ3) is 2.61. The molecule has 1 atom stereocenters. The maximum Gasteiger partial charge on any atom is 0.261 e. The van der Waals surface area contributed by atoms with Crippen LogP contribution in [0.3, 0.4) is 0 Å². The van der Waals surface area contributed by atoms with Gasteiger partial charge in [0.05, 0.1) is 10.6 Å². The molecule has 0 aliphatic carbocycles. The van der Waals surface area contributed by atoms with Crippen LogP contribution in [0.2, 0.25) is 0 Å². The van der Waals surface area contributed by atoms with E-state index >= 15 is 0 Å². The van der Waals surface area contributed by atoms with Gasteiger partial charge in [-0.25, -0.2) is 8.42 Å². The van der Waals surface area contributed by atoms with Crippen molar-refractivity contribution in [3.05, 3.63) is 66.2 Å². The molecule has 0 aromatic heterocycles. The number of sulfonamides is 1. The van der Waals surface area contributed by atoms with E-state index in [0.717, 1.165) is 28.4 Å². The van der Waals surface area contributed by atoms with E-state index < -0.39 is 10.0 Å². The summed E-state index contributed by atoms with van der Waals surface area (Å²) in [6.45, 7) is 2.09. The molecule has 4 rings (SSSR count). The zero-order valence-electron chi connectivity index (χ0n) is 13.3. The molecule has 24 heavy (non-hydrogen) atoms. The number of hydrogen-bond donors (Lipinski definition) is 2. The Morgan fingerprint density at radius 1 is 1.04 bits per heavy atom. The smallest absolute Gasteiger partial charge is 0.261 e. The third-order valence-electron chi connectivity index (χ3n) is 4.35. The molecule has 0 unspecified atom stereocenters. The van der Waals surface area contributed by atoms with Gasteiger partial charge in [0.2, 0.25) is 0 Å². The largest absolute Gasteiger partial charge is 0.382 e. The predicted octanol–water partition coefficient (Wildman–Crippen LogP) is 4.00. The highest BCUT2D eigenvalue weighted by Gasteiger charge is 2.21. The summed E-state index contributed by atoms with van der Waals surface area (Å²) < 4.78 is 28.3. The van der Waals surface area contributed by atoms with Crippen molar-refractivity contribution in [2.45, 2.75) is 24.3 Å². The summed E-state index contributed by atoms with van der Waals surface area (Å²) in [4.78, 5) is 0.296. The fraction of sp³-hybridized carbons (Fsp3) is 0.158. The Hall–Kier alpha value is -2.53. The van der Waals surface area contributed by atoms with Gasteiger partial charge in [0.1, 0.15) is 0 Å². The van der Waals surface area contributed by atoms with E-state index in [9.17, 15) is 8.42 Å². The Labute approximate surface area is 141 Å². The molecule has 0 amide bonds. The summed E-state index contributed by atoms with van der Waals surface area (Å²) >= 11 is 0. The van der Waals surface area contributed by atoms with Crippen molar-refractivity contribution in [3.63, 3.8) is 0 Å². The fourth-order valence-electron chi connectivity index (χ4n) is 3.21. The molecular formula is C19H18N2O2S. The molecule has 0 radical (unpaired) electrons. The van der Waals surface area contributed by atoms with Crippen LogP contribution < -0.4 is 10.0 Å². The van der Waals surface area contributed by atoms with Crippen molar-refractivity contribution in [1.82, 2.24) is 0 Å². The molecule has 0 fully saturated rings. The third-order valence-corrected chi connectivity index (χ3v) is 5.71. The number of benzene rings is 3. The van der Waals surface area contributed by atoms with Gasteiger partial charge in [-0.1, -0.05) is 36.4 Å². The molecule has 0 bridgehead atoms. The number of nitrogens with one attached hydrogen (secondary N) is 2. The Balaban J connectivity index is 1.72. The Kier molecular flexibility index (Phi) is 3.46. The first-order valence-corrected chi connectivity index (χ1v) is 9.41. The van der Waals surface area contributed by atoms with Crippen molar-refractivity contribution < 1.29 is 8.42 Å². The Morgan fingerprint density at radius 2 is 1.83 bits per heavy atom. The van der Waals surface area contributed by atoms with Crippen LogP contribution >= 0.6 is 0 Å². The topological polar surface area (TPSA) is 58.2 Å². The zero-order chi connectivity index (χ0) is 16.7. The number of anilines is 2. The maximum atomic E-state index is 12.8. The van der Waals surface area contributed by atoms with E-state index in [2.05, 4.69) is 17.0 Å². The van der Waals surface area contributed by atoms with E-state index in [4.69, 9.17) is 0 Å². The van der Waals surface area contributed by atoms with Crippen LogP contribution in [0.25, 0.3) is 10.8 Å². The SMILES string of the molecule is C[C@@H]1Cc2cc(S(=O)(=O)Nc3cccc4ccccc34)ccc2N1. The molecule has 0 spiro atoms. The highest BCUT2D eigenvalue weighted by Crippen LogP contribution is 2.30. The van der Waals surface area contributed by atoms with Gasteiger partial charge < -0.3 is 5.32 Å². The lowest BCUT2D eigenvalue weighted by Gasteiger charge is -2.11. The summed E-state index contributed by atoms with van der Waals surface area (Å²) in [5.41, 5.74) is 2.66. The average Bonchev–Trinajstić information content (AvgIpc) is 2.94. The van der Waals surface area contributed by atoms with Crippen LogP contribution in [0.5, 0.6) is 0 Å². The van der Waals surface area contributed by atoms with E-state index in [1.807, 2.05) is 42.5 Å². The molecular weight excluding hydrogens is 320 g/mol. The van der Waals surface area contributed by atoms with Crippen LogP contribution in [-0.4, -0.2) is 14.5 Å². The highest BCUT2D eigenvalue weighted by atomic mass is 32.2. The van der Waals surface area contributed by atoms with Crippen molar-refractivity contribution >= 4 is 32.2 Å². The van der Waals surface area contributed by atoms with Gasteiger partial charge in [0, 0.05) is 17.1 Å². The molecule has 2 N–H and O–H groups in total. The van der Waals surface area contributed by atoms with Gasteiger partial charge in [-0.05, 0) is 48.6 Å². The first-order valence-electron chi connectivity index (χ1n) is 7.93. The average molecular weight is 338 g/mol. The van der Waals surface area contributed by atoms with Gasteiger partial charge >= 0.3 is 0 Å². The highest BCUT2D eigenvalue weighted by molar-refractivity contribution is 7.92. The lowest BCUT2D eigenvalue weighted by molar-refractivity contribution is 0.601. The Morgan fingerprint density at radius 3 is 2.71 bits per heavy atom. The maximum absolute atomic E-state index is 12.8. The second-order valence-electron chi connectivity index (χ2n) is 6.20. The molecule has 0 saturated heterocycles. The van der Waals surface area contributed by atoms with E-state index in [0.29, 0.717) is 16.6 Å². The lowest BCUT2D eigenvalue weighted by Crippen LogP contribution is -2.13. The standard InChI is InChI=1S/C19H18N2O2S/c1-13-11-15-12-16(9-10-18(15)20-13)24(22,23)21-19-8-4-6-14-5-2-3-7-17(14)19/h2-10,12-13,20-21H,11H2,1H3/t13-/m1/s1. The van der Waals surface area contributed by atoms with Crippen LogP contribution in [0, 0.1) is 0 Å². The normalized spacial score (nSPS) is 16.6. The first-order chi connectivity index (χ1) is 11.5. The number of rotatable bonds is 3. The fourth-order valence-corrected chi connectivity index (χ4v) is 4.34. The van der Waals surface area contributed by atoms with Crippen LogP contribution in [0.4, 0.5) is 11.4 Å². The van der Waals surface area contributed by atoms with E-state index in [-0.39, 0.29) is 0 Å². The molecule has 122 valence electrons. The van der Waals surface area contributed by atoms with Crippen molar-refractivity contribution in [1.29, 1.82) is 0 Å². The summed E-state index contributed by atoms with van der Waals surface area (Å²) in [7, 11) is -3.62. The van der Waals surface area contributed by atoms with Gasteiger partial charge in [-0.15, -0.1) is 0 Å². The van der Waals surface area contributed by atoms with E-state index in [1.54, 1.807) is 18.2 Å². The molecule has 3 aromatic rings. The van der Waals surface area contributed by atoms with Gasteiger partial charge in [0.25, 0.3) is 10.0 Å². The second kappa shape index (κ2) is 5.53. The minimum atomic E-state index is -3.62. The molecule has 0 saturated carbocycles. The van der Waals surface area contributed by atoms with Crippen LogP contribution in [0.1, 0.15) is 12.5 Å². The Bertz CT molecular complexity index is 1020. The minimum Gasteiger partial charge on any atom is -0.382 e.